The minimum atomic E-state index is 0.793. The summed E-state index contributed by atoms with van der Waals surface area (Å²) in [5.74, 6) is 0. The topological polar surface area (TPSA) is 18.5 Å². The van der Waals surface area contributed by atoms with Gasteiger partial charge in [0.15, 0.2) is 0 Å². The Morgan fingerprint density at radius 1 is 0.778 bits per heavy atom. The van der Waals surface area contributed by atoms with Crippen molar-refractivity contribution < 1.29 is 9.47 Å². The van der Waals surface area contributed by atoms with Crippen molar-refractivity contribution in [2.75, 3.05) is 27.4 Å². The van der Waals surface area contributed by atoms with E-state index >= 15 is 0 Å². The van der Waals surface area contributed by atoms with E-state index in [1.165, 1.54) is 36.0 Å². The van der Waals surface area contributed by atoms with Gasteiger partial charge in [-0.3, -0.25) is 0 Å². The first kappa shape index (κ1) is 15.2. The molecule has 0 heterocycles. The number of ether oxygens (including phenoxy) is 2. The van der Waals surface area contributed by atoms with E-state index in [2.05, 4.69) is 25.1 Å². The molecule has 18 heavy (non-hydrogen) atoms. The van der Waals surface area contributed by atoms with E-state index < -0.39 is 0 Å². The van der Waals surface area contributed by atoms with Crippen LogP contribution in [0.15, 0.2) is 18.2 Å². The van der Waals surface area contributed by atoms with Gasteiger partial charge in [0.2, 0.25) is 0 Å². The molecule has 1 aromatic carbocycles. The predicted octanol–water partition coefficient (Wildman–Crippen LogP) is 3.41. The standard InChI is InChI=1S/C16H26O2/c1-4-5-6-14-11-15(7-9-17-2)13-16(12-14)8-10-18-3/h11-13H,4-10H2,1-3H3. The van der Waals surface area contributed by atoms with Crippen LogP contribution >= 0.6 is 0 Å². The van der Waals surface area contributed by atoms with Crippen LogP contribution < -0.4 is 0 Å². The molecular weight excluding hydrogens is 224 g/mol. The van der Waals surface area contributed by atoms with Gasteiger partial charge >= 0.3 is 0 Å². The Balaban J connectivity index is 2.74. The first-order valence-corrected chi connectivity index (χ1v) is 6.89. The van der Waals surface area contributed by atoms with Crippen LogP contribution in [-0.2, 0) is 28.7 Å². The Kier molecular flexibility index (Phi) is 7.70. The second-order valence-corrected chi connectivity index (χ2v) is 4.75. The minimum Gasteiger partial charge on any atom is -0.384 e. The van der Waals surface area contributed by atoms with Gasteiger partial charge in [-0.2, -0.15) is 0 Å². The number of unbranched alkanes of at least 4 members (excludes halogenated alkanes) is 1. The largest absolute Gasteiger partial charge is 0.384 e. The lowest BCUT2D eigenvalue weighted by Crippen LogP contribution is -2.01. The van der Waals surface area contributed by atoms with E-state index in [4.69, 9.17) is 9.47 Å². The maximum atomic E-state index is 5.16. The summed E-state index contributed by atoms with van der Waals surface area (Å²) in [6.07, 6.45) is 5.68. The number of aryl methyl sites for hydroxylation is 1. The summed E-state index contributed by atoms with van der Waals surface area (Å²) < 4.78 is 10.3. The Morgan fingerprint density at radius 3 is 1.61 bits per heavy atom. The van der Waals surface area contributed by atoms with Crippen LogP contribution in [0.3, 0.4) is 0 Å². The summed E-state index contributed by atoms with van der Waals surface area (Å²) in [4.78, 5) is 0. The van der Waals surface area contributed by atoms with Crippen LogP contribution in [0.1, 0.15) is 36.5 Å². The monoisotopic (exact) mass is 250 g/mol. The van der Waals surface area contributed by atoms with E-state index in [1.54, 1.807) is 14.2 Å². The average molecular weight is 250 g/mol. The van der Waals surface area contributed by atoms with Gasteiger partial charge in [0, 0.05) is 14.2 Å². The lowest BCUT2D eigenvalue weighted by Gasteiger charge is -2.09. The molecule has 0 aliphatic rings. The third-order valence-corrected chi connectivity index (χ3v) is 3.12. The molecule has 2 nitrogen and oxygen atoms in total. The van der Waals surface area contributed by atoms with E-state index in [0.717, 1.165) is 26.1 Å². The summed E-state index contributed by atoms with van der Waals surface area (Å²) in [5.41, 5.74) is 4.23. The summed E-state index contributed by atoms with van der Waals surface area (Å²) in [5, 5.41) is 0. The zero-order valence-corrected chi connectivity index (χ0v) is 12.0. The molecule has 0 aliphatic carbocycles. The van der Waals surface area contributed by atoms with Crippen molar-refractivity contribution in [3.63, 3.8) is 0 Å². The molecular formula is C16H26O2. The summed E-state index contributed by atoms with van der Waals surface area (Å²) >= 11 is 0. The summed E-state index contributed by atoms with van der Waals surface area (Å²) in [6.45, 7) is 3.82. The van der Waals surface area contributed by atoms with Crippen LogP contribution in [0.4, 0.5) is 0 Å². The average Bonchev–Trinajstić information content (AvgIpc) is 2.40. The zero-order chi connectivity index (χ0) is 13.2. The third-order valence-electron chi connectivity index (χ3n) is 3.12. The Bertz CT molecular complexity index is 269. The van der Waals surface area contributed by atoms with Crippen molar-refractivity contribution in [1.29, 1.82) is 0 Å². The molecule has 0 saturated heterocycles. The van der Waals surface area contributed by atoms with Gasteiger partial charge in [-0.15, -0.1) is 0 Å². The van der Waals surface area contributed by atoms with Crippen LogP contribution in [0.25, 0.3) is 0 Å². The van der Waals surface area contributed by atoms with Crippen molar-refractivity contribution in [2.24, 2.45) is 0 Å². The molecule has 0 N–H and O–H groups in total. The van der Waals surface area contributed by atoms with Crippen molar-refractivity contribution >= 4 is 0 Å². The number of methoxy groups -OCH3 is 2. The Labute approximate surface area is 111 Å². The molecule has 0 spiro atoms. The van der Waals surface area contributed by atoms with Crippen LogP contribution in [0, 0.1) is 0 Å². The number of benzene rings is 1. The van der Waals surface area contributed by atoms with E-state index in [9.17, 15) is 0 Å². The highest BCUT2D eigenvalue weighted by molar-refractivity contribution is 5.30. The molecule has 0 aliphatic heterocycles. The highest BCUT2D eigenvalue weighted by Crippen LogP contribution is 2.14. The predicted molar refractivity (Wildman–Crippen MR) is 76.2 cm³/mol. The lowest BCUT2D eigenvalue weighted by molar-refractivity contribution is 0.201. The molecule has 0 atom stereocenters. The molecule has 0 aromatic heterocycles. The third kappa shape index (κ3) is 5.65. The van der Waals surface area contributed by atoms with Crippen molar-refractivity contribution in [1.82, 2.24) is 0 Å². The summed E-state index contributed by atoms with van der Waals surface area (Å²) in [7, 11) is 3.51. The Morgan fingerprint density at radius 2 is 1.22 bits per heavy atom. The molecule has 0 unspecified atom stereocenters. The molecule has 0 radical (unpaired) electrons. The molecule has 1 aromatic rings. The van der Waals surface area contributed by atoms with E-state index in [-0.39, 0.29) is 0 Å². The SMILES string of the molecule is CCCCc1cc(CCOC)cc(CCOC)c1. The second kappa shape index (κ2) is 9.12. The smallest absolute Gasteiger partial charge is 0.0502 e. The molecule has 0 fully saturated rings. The first-order chi connectivity index (χ1) is 8.80. The van der Waals surface area contributed by atoms with Crippen LogP contribution in [0.2, 0.25) is 0 Å². The number of rotatable bonds is 9. The number of hydrogen-bond acceptors (Lipinski definition) is 2. The van der Waals surface area contributed by atoms with Crippen molar-refractivity contribution in [2.45, 2.75) is 39.0 Å². The van der Waals surface area contributed by atoms with Gasteiger partial charge in [0.1, 0.15) is 0 Å². The van der Waals surface area contributed by atoms with Gasteiger partial charge in [-0.25, -0.2) is 0 Å². The van der Waals surface area contributed by atoms with Crippen LogP contribution in [0.5, 0.6) is 0 Å². The van der Waals surface area contributed by atoms with Gasteiger partial charge in [0.05, 0.1) is 13.2 Å². The summed E-state index contributed by atoms with van der Waals surface area (Å²) in [6, 6.07) is 6.93. The van der Waals surface area contributed by atoms with Crippen molar-refractivity contribution in [3.05, 3.63) is 34.9 Å². The molecule has 0 amide bonds. The van der Waals surface area contributed by atoms with E-state index in [0.29, 0.717) is 0 Å². The molecule has 102 valence electrons. The lowest BCUT2D eigenvalue weighted by atomic mass is 9.99. The van der Waals surface area contributed by atoms with E-state index in [1.807, 2.05) is 0 Å². The van der Waals surface area contributed by atoms with Gasteiger partial charge < -0.3 is 9.47 Å². The highest BCUT2D eigenvalue weighted by Gasteiger charge is 2.02. The fourth-order valence-corrected chi connectivity index (χ4v) is 2.09. The van der Waals surface area contributed by atoms with Crippen molar-refractivity contribution in [3.8, 4) is 0 Å². The van der Waals surface area contributed by atoms with Gasteiger partial charge in [-0.1, -0.05) is 31.5 Å². The maximum absolute atomic E-state index is 5.16. The first-order valence-electron chi connectivity index (χ1n) is 6.89. The van der Waals surface area contributed by atoms with Crippen LogP contribution in [-0.4, -0.2) is 27.4 Å². The zero-order valence-electron chi connectivity index (χ0n) is 12.0. The fourth-order valence-electron chi connectivity index (χ4n) is 2.09. The molecule has 0 saturated carbocycles. The number of hydrogen-bond donors (Lipinski definition) is 0. The Hall–Kier alpha value is -0.860. The maximum Gasteiger partial charge on any atom is 0.0502 e. The van der Waals surface area contributed by atoms with Gasteiger partial charge in [0.25, 0.3) is 0 Å². The minimum absolute atomic E-state index is 0.793. The molecule has 2 heteroatoms. The highest BCUT2D eigenvalue weighted by atomic mass is 16.5. The normalized spacial score (nSPS) is 10.8. The quantitative estimate of drug-likeness (QED) is 0.668. The second-order valence-electron chi connectivity index (χ2n) is 4.75. The molecule has 1 rings (SSSR count). The van der Waals surface area contributed by atoms with Gasteiger partial charge in [-0.05, 0) is 42.4 Å². The fraction of sp³-hybridized carbons (Fsp3) is 0.625. The molecule has 0 bridgehead atoms.